The molecule has 2 N–H and O–H groups in total. The molecule has 0 bridgehead atoms. The molecule has 7 heteroatoms. The number of carbonyl (C=O) groups excluding carboxylic acids is 1. The third kappa shape index (κ3) is 3.65. The normalized spacial score (nSPS) is 11.2. The van der Waals surface area contributed by atoms with Gasteiger partial charge in [0.05, 0.1) is 0 Å². The minimum Gasteiger partial charge on any atom is -0.457 e. The number of ether oxygens (including phenoxy) is 1. The lowest BCUT2D eigenvalue weighted by atomic mass is 10.3. The van der Waals surface area contributed by atoms with E-state index < -0.39 is 16.0 Å². The van der Waals surface area contributed by atoms with Gasteiger partial charge in [0.25, 0.3) is 0 Å². The molecule has 1 aromatic rings. The van der Waals surface area contributed by atoms with Crippen LogP contribution in [0, 0.1) is 6.92 Å². The van der Waals surface area contributed by atoms with Gasteiger partial charge in [-0.25, -0.2) is 18.4 Å². The largest absolute Gasteiger partial charge is 0.457 e. The van der Waals surface area contributed by atoms with Crippen molar-refractivity contribution < 1.29 is 17.9 Å². The van der Waals surface area contributed by atoms with Gasteiger partial charge in [-0.1, -0.05) is 6.58 Å². The van der Waals surface area contributed by atoms with E-state index >= 15 is 0 Å². The first kappa shape index (κ1) is 13.9. The van der Waals surface area contributed by atoms with Crippen LogP contribution >= 0.6 is 11.3 Å². The molecule has 0 saturated carbocycles. The maximum Gasteiger partial charge on any atom is 0.348 e. The summed E-state index contributed by atoms with van der Waals surface area (Å²) in [6, 6.07) is 1.36. The van der Waals surface area contributed by atoms with E-state index in [9.17, 15) is 13.2 Å². The van der Waals surface area contributed by atoms with E-state index in [0.717, 1.165) is 11.3 Å². The van der Waals surface area contributed by atoms with Gasteiger partial charge in [-0.2, -0.15) is 0 Å². The number of aryl methyl sites for hydroxylation is 1. The average molecular weight is 275 g/mol. The number of carbonyl (C=O) groups is 1. The molecule has 0 aliphatic rings. The SMILES string of the molecule is C=C(C)COC(=O)c1sc(S(N)(=O)=O)cc1C. The molecule has 17 heavy (non-hydrogen) atoms. The van der Waals surface area contributed by atoms with Crippen LogP contribution < -0.4 is 5.14 Å². The van der Waals surface area contributed by atoms with Crippen LogP contribution in [0.5, 0.6) is 0 Å². The summed E-state index contributed by atoms with van der Waals surface area (Å²) < 4.78 is 27.1. The van der Waals surface area contributed by atoms with Crippen LogP contribution in [0.15, 0.2) is 22.4 Å². The Morgan fingerprint density at radius 1 is 1.59 bits per heavy atom. The van der Waals surface area contributed by atoms with Crippen LogP contribution in [-0.2, 0) is 14.8 Å². The van der Waals surface area contributed by atoms with E-state index in [1.54, 1.807) is 13.8 Å². The molecule has 0 aliphatic heterocycles. The molecule has 0 amide bonds. The predicted octanol–water partition coefficient (Wildman–Crippen LogP) is 1.44. The number of rotatable bonds is 4. The second-order valence-corrected chi connectivity index (χ2v) is 6.50. The molecule has 0 aromatic carbocycles. The van der Waals surface area contributed by atoms with Crippen molar-refractivity contribution in [1.29, 1.82) is 0 Å². The second-order valence-electron chi connectivity index (χ2n) is 3.66. The van der Waals surface area contributed by atoms with Crippen molar-refractivity contribution in [1.82, 2.24) is 0 Å². The molecule has 1 heterocycles. The van der Waals surface area contributed by atoms with E-state index in [2.05, 4.69) is 6.58 Å². The minimum absolute atomic E-state index is 0.0442. The predicted molar refractivity (Wildman–Crippen MR) is 65.5 cm³/mol. The van der Waals surface area contributed by atoms with Crippen LogP contribution in [0.4, 0.5) is 0 Å². The first-order valence-electron chi connectivity index (χ1n) is 4.66. The van der Waals surface area contributed by atoms with Crippen molar-refractivity contribution in [2.24, 2.45) is 5.14 Å². The zero-order valence-electron chi connectivity index (χ0n) is 9.52. The summed E-state index contributed by atoms with van der Waals surface area (Å²) in [7, 11) is -3.78. The quantitative estimate of drug-likeness (QED) is 0.665. The lowest BCUT2D eigenvalue weighted by Gasteiger charge is -2.02. The third-order valence-electron chi connectivity index (χ3n) is 1.81. The Morgan fingerprint density at radius 2 is 2.18 bits per heavy atom. The maximum absolute atomic E-state index is 11.6. The number of primary sulfonamides is 1. The molecular formula is C10H13NO4S2. The van der Waals surface area contributed by atoms with Crippen LogP contribution in [0.1, 0.15) is 22.2 Å². The van der Waals surface area contributed by atoms with Crippen molar-refractivity contribution >= 4 is 27.3 Å². The smallest absolute Gasteiger partial charge is 0.348 e. The Balaban J connectivity index is 2.96. The van der Waals surface area contributed by atoms with Gasteiger partial charge in [0.2, 0.25) is 10.0 Å². The molecule has 0 atom stereocenters. The standard InChI is InChI=1S/C10H13NO4S2/c1-6(2)5-15-10(12)9-7(3)4-8(16-9)17(11,13)14/h4H,1,5H2,2-3H3,(H2,11,13,14). The second kappa shape index (κ2) is 4.99. The highest BCUT2D eigenvalue weighted by Crippen LogP contribution is 2.25. The molecule has 1 rings (SSSR count). The number of esters is 1. The van der Waals surface area contributed by atoms with E-state index in [1.807, 2.05) is 0 Å². The van der Waals surface area contributed by atoms with Crippen molar-refractivity contribution in [3.8, 4) is 0 Å². The summed E-state index contributed by atoms with van der Waals surface area (Å²) in [5.74, 6) is -0.564. The van der Waals surface area contributed by atoms with Crippen molar-refractivity contribution in [2.75, 3.05) is 6.61 Å². The molecule has 94 valence electrons. The summed E-state index contributed by atoms with van der Waals surface area (Å²) in [6.45, 7) is 7.06. The summed E-state index contributed by atoms with van der Waals surface area (Å²) in [4.78, 5) is 11.9. The van der Waals surface area contributed by atoms with E-state index in [-0.39, 0.29) is 15.7 Å². The Hall–Kier alpha value is -1.18. The number of thiophene rings is 1. The van der Waals surface area contributed by atoms with Crippen LogP contribution in [0.2, 0.25) is 0 Å². The van der Waals surface area contributed by atoms with Crippen molar-refractivity contribution in [3.63, 3.8) is 0 Å². The lowest BCUT2D eigenvalue weighted by molar-refractivity contribution is 0.0545. The van der Waals surface area contributed by atoms with E-state index in [1.165, 1.54) is 6.07 Å². The van der Waals surface area contributed by atoms with Crippen LogP contribution in [-0.4, -0.2) is 21.0 Å². The Labute approximate surface area is 104 Å². The van der Waals surface area contributed by atoms with E-state index in [4.69, 9.17) is 9.88 Å². The Kier molecular flexibility index (Phi) is 4.07. The number of hydrogen-bond donors (Lipinski definition) is 1. The fraction of sp³-hybridized carbons (Fsp3) is 0.300. The topological polar surface area (TPSA) is 86.5 Å². The highest BCUT2D eigenvalue weighted by molar-refractivity contribution is 7.91. The fourth-order valence-corrected chi connectivity index (χ4v) is 2.90. The van der Waals surface area contributed by atoms with Gasteiger partial charge in [-0.3, -0.25) is 0 Å². The van der Waals surface area contributed by atoms with Gasteiger partial charge in [0.15, 0.2) is 0 Å². The molecular weight excluding hydrogens is 262 g/mol. The third-order valence-corrected chi connectivity index (χ3v) is 4.45. The molecule has 0 fully saturated rings. The zero-order chi connectivity index (χ0) is 13.2. The summed E-state index contributed by atoms with van der Waals surface area (Å²) in [5.41, 5.74) is 1.24. The fourth-order valence-electron chi connectivity index (χ4n) is 1.05. The Morgan fingerprint density at radius 3 is 2.59 bits per heavy atom. The van der Waals surface area contributed by atoms with Crippen LogP contribution in [0.25, 0.3) is 0 Å². The Bertz CT molecular complexity index is 557. The van der Waals surface area contributed by atoms with Crippen molar-refractivity contribution in [3.05, 3.63) is 28.7 Å². The average Bonchev–Trinajstić information content (AvgIpc) is 2.56. The highest BCUT2D eigenvalue weighted by atomic mass is 32.2. The van der Waals surface area contributed by atoms with Gasteiger partial charge >= 0.3 is 5.97 Å². The first-order valence-corrected chi connectivity index (χ1v) is 7.03. The highest BCUT2D eigenvalue weighted by Gasteiger charge is 2.19. The monoisotopic (exact) mass is 275 g/mol. The summed E-state index contributed by atoms with van der Waals surface area (Å²) >= 11 is 0.809. The molecule has 1 aromatic heterocycles. The maximum atomic E-state index is 11.6. The lowest BCUT2D eigenvalue weighted by Crippen LogP contribution is -2.10. The van der Waals surface area contributed by atoms with Gasteiger partial charge < -0.3 is 4.74 Å². The number of nitrogens with two attached hydrogens (primary N) is 1. The first-order chi connectivity index (χ1) is 7.71. The number of sulfonamides is 1. The molecule has 0 unspecified atom stereocenters. The molecule has 0 aliphatic carbocycles. The number of hydrogen-bond acceptors (Lipinski definition) is 5. The van der Waals surface area contributed by atoms with Gasteiger partial charge in [-0.15, -0.1) is 11.3 Å². The molecule has 0 radical (unpaired) electrons. The van der Waals surface area contributed by atoms with Gasteiger partial charge in [0, 0.05) is 0 Å². The molecule has 0 spiro atoms. The molecule has 5 nitrogen and oxygen atoms in total. The van der Waals surface area contributed by atoms with Crippen LogP contribution in [0.3, 0.4) is 0 Å². The molecule has 0 saturated heterocycles. The van der Waals surface area contributed by atoms with Gasteiger partial charge in [0.1, 0.15) is 15.7 Å². The summed E-state index contributed by atoms with van der Waals surface area (Å²) in [6.07, 6.45) is 0. The van der Waals surface area contributed by atoms with Gasteiger partial charge in [-0.05, 0) is 31.1 Å². The summed E-state index contributed by atoms with van der Waals surface area (Å²) in [5, 5.41) is 4.98. The zero-order valence-corrected chi connectivity index (χ0v) is 11.2. The van der Waals surface area contributed by atoms with Crippen molar-refractivity contribution in [2.45, 2.75) is 18.1 Å². The minimum atomic E-state index is -3.78. The van der Waals surface area contributed by atoms with E-state index in [0.29, 0.717) is 11.1 Å².